The summed E-state index contributed by atoms with van der Waals surface area (Å²) in [5, 5.41) is 10.9. The molecule has 0 saturated heterocycles. The highest BCUT2D eigenvalue weighted by Crippen LogP contribution is 2.34. The lowest BCUT2D eigenvalue weighted by molar-refractivity contribution is -0.387. The lowest BCUT2D eigenvalue weighted by Gasteiger charge is -2.07. The maximum absolute atomic E-state index is 13.8. The van der Waals surface area contributed by atoms with Crippen LogP contribution in [0.15, 0.2) is 30.3 Å². The van der Waals surface area contributed by atoms with E-state index in [1.165, 1.54) is 18.2 Å². The Hall–Kier alpha value is -1.72. The Morgan fingerprint density at radius 3 is 2.32 bits per heavy atom. The van der Waals surface area contributed by atoms with Crippen molar-refractivity contribution in [3.8, 4) is 11.1 Å². The molecule has 0 fully saturated rings. The van der Waals surface area contributed by atoms with E-state index in [0.717, 1.165) is 6.07 Å². The summed E-state index contributed by atoms with van der Waals surface area (Å²) < 4.78 is 27.3. The van der Waals surface area contributed by atoms with Gasteiger partial charge in [-0.3, -0.25) is 10.1 Å². The van der Waals surface area contributed by atoms with Crippen LogP contribution in [-0.4, -0.2) is 4.92 Å². The fourth-order valence-electron chi connectivity index (χ4n) is 1.59. The van der Waals surface area contributed by atoms with Gasteiger partial charge in [-0.2, -0.15) is 4.39 Å². The first kappa shape index (κ1) is 13.7. The molecule has 3 nitrogen and oxygen atoms in total. The molecule has 19 heavy (non-hydrogen) atoms. The average Bonchev–Trinajstić information content (AvgIpc) is 2.34. The molecule has 0 aliphatic heterocycles. The molecule has 0 heterocycles. The van der Waals surface area contributed by atoms with Crippen molar-refractivity contribution in [2.45, 2.75) is 0 Å². The Labute approximate surface area is 116 Å². The van der Waals surface area contributed by atoms with Gasteiger partial charge in [-0.15, -0.1) is 0 Å². The van der Waals surface area contributed by atoms with Crippen molar-refractivity contribution in [3.63, 3.8) is 0 Å². The molecule has 2 aromatic rings. The molecule has 0 aliphatic carbocycles. The minimum atomic E-state index is -1.14. The van der Waals surface area contributed by atoms with Crippen LogP contribution in [0.1, 0.15) is 0 Å². The molecule has 7 heteroatoms. The van der Waals surface area contributed by atoms with E-state index in [9.17, 15) is 18.9 Å². The zero-order chi connectivity index (χ0) is 14.2. The molecule has 0 radical (unpaired) electrons. The number of rotatable bonds is 2. The highest BCUT2D eigenvalue weighted by atomic mass is 35.5. The van der Waals surface area contributed by atoms with Gasteiger partial charge in [0, 0.05) is 21.2 Å². The number of nitro benzene ring substituents is 1. The van der Waals surface area contributed by atoms with E-state index in [2.05, 4.69) is 0 Å². The van der Waals surface area contributed by atoms with Crippen molar-refractivity contribution in [3.05, 3.63) is 62.1 Å². The van der Waals surface area contributed by atoms with Crippen LogP contribution < -0.4 is 0 Å². The summed E-state index contributed by atoms with van der Waals surface area (Å²) in [5.41, 5.74) is -0.949. The molecule has 0 aliphatic rings. The predicted molar refractivity (Wildman–Crippen MR) is 68.5 cm³/mol. The van der Waals surface area contributed by atoms with Crippen LogP contribution in [0.25, 0.3) is 11.1 Å². The second-order valence-electron chi connectivity index (χ2n) is 3.66. The van der Waals surface area contributed by atoms with Gasteiger partial charge in [0.15, 0.2) is 0 Å². The van der Waals surface area contributed by atoms with Crippen LogP contribution in [0.5, 0.6) is 0 Å². The zero-order valence-corrected chi connectivity index (χ0v) is 10.7. The number of hydrogen-bond donors (Lipinski definition) is 0. The van der Waals surface area contributed by atoms with Gasteiger partial charge in [-0.1, -0.05) is 23.2 Å². The van der Waals surface area contributed by atoms with Crippen LogP contribution in [0.2, 0.25) is 10.0 Å². The molecule has 0 atom stereocenters. The quantitative estimate of drug-likeness (QED) is 0.588. The van der Waals surface area contributed by atoms with Gasteiger partial charge >= 0.3 is 5.69 Å². The van der Waals surface area contributed by atoms with Gasteiger partial charge in [0.25, 0.3) is 0 Å². The number of halogens is 4. The van der Waals surface area contributed by atoms with E-state index in [1.54, 1.807) is 0 Å². The van der Waals surface area contributed by atoms with Gasteiger partial charge < -0.3 is 0 Å². The van der Waals surface area contributed by atoms with E-state index in [4.69, 9.17) is 23.2 Å². The number of benzene rings is 2. The molecule has 0 amide bonds. The minimum Gasteiger partial charge on any atom is -0.258 e. The second kappa shape index (κ2) is 5.11. The molecule has 0 bridgehead atoms. The van der Waals surface area contributed by atoms with Crippen LogP contribution in [0, 0.1) is 21.7 Å². The molecule has 0 saturated carbocycles. The van der Waals surface area contributed by atoms with E-state index >= 15 is 0 Å². The van der Waals surface area contributed by atoms with E-state index in [-0.39, 0.29) is 21.2 Å². The molecule has 98 valence electrons. The first-order chi connectivity index (χ1) is 8.90. The topological polar surface area (TPSA) is 43.1 Å². The Morgan fingerprint density at radius 1 is 1.00 bits per heavy atom. The summed E-state index contributed by atoms with van der Waals surface area (Å²) >= 11 is 11.6. The van der Waals surface area contributed by atoms with Crippen LogP contribution in [0.3, 0.4) is 0 Å². The molecule has 2 aromatic carbocycles. The third-order valence-corrected chi connectivity index (χ3v) is 3.02. The van der Waals surface area contributed by atoms with Crippen molar-refractivity contribution >= 4 is 28.9 Å². The first-order valence-corrected chi connectivity index (χ1v) is 5.74. The minimum absolute atomic E-state index is 0.163. The second-order valence-corrected chi connectivity index (χ2v) is 4.51. The number of hydrogen-bond acceptors (Lipinski definition) is 2. The third kappa shape index (κ3) is 2.67. The van der Waals surface area contributed by atoms with E-state index in [0.29, 0.717) is 6.07 Å². The standard InChI is InChI=1S/C12H5Cl2F2NO2/c13-6-1-2-9(14)7(3-6)8-4-11(16)12(17(18)19)5-10(8)15/h1-5H. The van der Waals surface area contributed by atoms with E-state index in [1.807, 2.05) is 0 Å². The molecule has 0 aromatic heterocycles. The first-order valence-electron chi connectivity index (χ1n) is 4.99. The van der Waals surface area contributed by atoms with Crippen LogP contribution >= 0.6 is 23.2 Å². The molecular formula is C12H5Cl2F2NO2. The lowest BCUT2D eigenvalue weighted by atomic mass is 10.0. The van der Waals surface area contributed by atoms with Crippen LogP contribution in [0.4, 0.5) is 14.5 Å². The van der Waals surface area contributed by atoms with Crippen molar-refractivity contribution < 1.29 is 13.7 Å². The largest absolute Gasteiger partial charge is 0.307 e. The summed E-state index contributed by atoms with van der Waals surface area (Å²) in [6, 6.07) is 5.52. The monoisotopic (exact) mass is 303 g/mol. The Balaban J connectivity index is 2.67. The summed E-state index contributed by atoms with van der Waals surface area (Å²) in [5.74, 6) is -2.09. The van der Waals surface area contributed by atoms with Gasteiger partial charge in [0.05, 0.1) is 11.0 Å². The smallest absolute Gasteiger partial charge is 0.258 e. The predicted octanol–water partition coefficient (Wildman–Crippen LogP) is 4.85. The summed E-state index contributed by atoms with van der Waals surface area (Å²) in [4.78, 5) is 9.50. The summed E-state index contributed by atoms with van der Waals surface area (Å²) in [6.45, 7) is 0. The maximum atomic E-state index is 13.8. The SMILES string of the molecule is O=[N+]([O-])c1cc(F)c(-c2cc(Cl)ccc2Cl)cc1F. The number of nitro groups is 1. The van der Waals surface area contributed by atoms with Crippen LogP contribution in [-0.2, 0) is 0 Å². The van der Waals surface area contributed by atoms with Gasteiger partial charge in [0.1, 0.15) is 5.82 Å². The van der Waals surface area contributed by atoms with E-state index < -0.39 is 22.2 Å². The highest BCUT2D eigenvalue weighted by Gasteiger charge is 2.20. The zero-order valence-electron chi connectivity index (χ0n) is 9.16. The van der Waals surface area contributed by atoms with Crippen molar-refractivity contribution in [2.24, 2.45) is 0 Å². The Kier molecular flexibility index (Phi) is 3.68. The normalized spacial score (nSPS) is 10.5. The van der Waals surface area contributed by atoms with Gasteiger partial charge in [-0.05, 0) is 24.3 Å². The maximum Gasteiger partial charge on any atom is 0.307 e. The lowest BCUT2D eigenvalue weighted by Crippen LogP contribution is -1.96. The van der Waals surface area contributed by atoms with Crippen molar-refractivity contribution in [1.82, 2.24) is 0 Å². The summed E-state index contributed by atoms with van der Waals surface area (Å²) in [7, 11) is 0. The van der Waals surface area contributed by atoms with Gasteiger partial charge in [-0.25, -0.2) is 4.39 Å². The molecular weight excluding hydrogens is 299 g/mol. The highest BCUT2D eigenvalue weighted by molar-refractivity contribution is 6.35. The summed E-state index contributed by atoms with van der Waals surface area (Å²) in [6.07, 6.45) is 0. The van der Waals surface area contributed by atoms with Gasteiger partial charge in [0.2, 0.25) is 5.82 Å². The molecule has 0 N–H and O–H groups in total. The Morgan fingerprint density at radius 2 is 1.68 bits per heavy atom. The fourth-order valence-corrected chi connectivity index (χ4v) is 1.98. The van der Waals surface area contributed by atoms with Crippen molar-refractivity contribution in [2.75, 3.05) is 0 Å². The molecule has 2 rings (SSSR count). The number of nitrogens with zero attached hydrogens (tertiary/aromatic N) is 1. The fraction of sp³-hybridized carbons (Fsp3) is 0. The average molecular weight is 304 g/mol. The molecule has 0 spiro atoms. The molecule has 0 unspecified atom stereocenters. The Bertz CT molecular complexity index is 677. The van der Waals surface area contributed by atoms with Crippen molar-refractivity contribution in [1.29, 1.82) is 0 Å². The third-order valence-electron chi connectivity index (χ3n) is 2.45.